The van der Waals surface area contributed by atoms with E-state index in [1.807, 2.05) is 18.4 Å². The van der Waals surface area contributed by atoms with Gasteiger partial charge in [-0.3, -0.25) is 0 Å². The van der Waals surface area contributed by atoms with Crippen molar-refractivity contribution in [2.75, 3.05) is 6.61 Å². The number of phenolic OH excluding ortho intramolecular Hbond substituents is 1. The highest BCUT2D eigenvalue weighted by Crippen LogP contribution is 2.41. The quantitative estimate of drug-likeness (QED) is 0.902. The summed E-state index contributed by atoms with van der Waals surface area (Å²) in [4.78, 5) is 0. The molecule has 0 saturated carbocycles. The molecule has 0 radical (unpaired) electrons. The Kier molecular flexibility index (Phi) is 2.65. The molecule has 2 rings (SSSR count). The standard InChI is InChI=1S/C10H9BrO2S/c1-2-13-8-5-14-10-7(12)4-3-6(11)9(8)10/h3-5,12H,2H2,1H3. The molecule has 2 nitrogen and oxygen atoms in total. The van der Waals surface area contributed by atoms with E-state index < -0.39 is 0 Å². The molecule has 0 aliphatic rings. The maximum atomic E-state index is 9.61. The summed E-state index contributed by atoms with van der Waals surface area (Å²) < 4.78 is 7.28. The van der Waals surface area contributed by atoms with Gasteiger partial charge >= 0.3 is 0 Å². The topological polar surface area (TPSA) is 29.5 Å². The maximum Gasteiger partial charge on any atom is 0.139 e. The molecule has 2 aromatic rings. The molecule has 1 aromatic carbocycles. The average Bonchev–Trinajstić information content (AvgIpc) is 2.58. The number of fused-ring (bicyclic) bond motifs is 1. The highest BCUT2D eigenvalue weighted by atomic mass is 79.9. The molecule has 0 aliphatic carbocycles. The summed E-state index contributed by atoms with van der Waals surface area (Å²) >= 11 is 4.94. The third-order valence-electron chi connectivity index (χ3n) is 1.92. The molecule has 0 atom stereocenters. The SMILES string of the molecule is CCOc1csc2c(O)ccc(Br)c12. The van der Waals surface area contributed by atoms with Crippen LogP contribution in [0.3, 0.4) is 0 Å². The van der Waals surface area contributed by atoms with Crippen LogP contribution in [0.2, 0.25) is 0 Å². The molecule has 0 saturated heterocycles. The van der Waals surface area contributed by atoms with Gasteiger partial charge in [0.05, 0.1) is 16.7 Å². The minimum atomic E-state index is 0.305. The van der Waals surface area contributed by atoms with Gasteiger partial charge in [-0.2, -0.15) is 0 Å². The molecule has 0 fully saturated rings. The highest BCUT2D eigenvalue weighted by Gasteiger charge is 2.11. The number of thiophene rings is 1. The molecular weight excluding hydrogens is 264 g/mol. The lowest BCUT2D eigenvalue weighted by Gasteiger charge is -2.02. The lowest BCUT2D eigenvalue weighted by molar-refractivity contribution is 0.345. The molecule has 1 heterocycles. The first-order valence-corrected chi connectivity index (χ1v) is 5.92. The van der Waals surface area contributed by atoms with Gasteiger partial charge in [0.25, 0.3) is 0 Å². The second-order valence-electron chi connectivity index (χ2n) is 2.80. The Bertz CT molecular complexity index is 464. The van der Waals surface area contributed by atoms with E-state index in [1.54, 1.807) is 6.07 Å². The first-order valence-electron chi connectivity index (χ1n) is 4.25. The van der Waals surface area contributed by atoms with Gasteiger partial charge in [0.2, 0.25) is 0 Å². The maximum absolute atomic E-state index is 9.61. The van der Waals surface area contributed by atoms with Crippen LogP contribution in [0.25, 0.3) is 10.1 Å². The lowest BCUT2D eigenvalue weighted by Crippen LogP contribution is -1.89. The predicted molar refractivity (Wildman–Crippen MR) is 62.4 cm³/mol. The molecule has 0 bridgehead atoms. The van der Waals surface area contributed by atoms with Crippen molar-refractivity contribution >= 4 is 37.4 Å². The first kappa shape index (κ1) is 9.80. The van der Waals surface area contributed by atoms with Crippen molar-refractivity contribution in [3.8, 4) is 11.5 Å². The van der Waals surface area contributed by atoms with E-state index in [4.69, 9.17) is 4.74 Å². The van der Waals surface area contributed by atoms with Crippen LogP contribution in [0.4, 0.5) is 0 Å². The molecule has 1 aromatic heterocycles. The third-order valence-corrected chi connectivity index (χ3v) is 3.56. The van der Waals surface area contributed by atoms with Gasteiger partial charge < -0.3 is 9.84 Å². The van der Waals surface area contributed by atoms with Crippen LogP contribution < -0.4 is 4.74 Å². The van der Waals surface area contributed by atoms with E-state index in [9.17, 15) is 5.11 Å². The molecule has 14 heavy (non-hydrogen) atoms. The second kappa shape index (κ2) is 3.79. The highest BCUT2D eigenvalue weighted by molar-refractivity contribution is 9.10. The van der Waals surface area contributed by atoms with Gasteiger partial charge in [-0.05, 0) is 35.0 Å². The Morgan fingerprint density at radius 3 is 3.00 bits per heavy atom. The van der Waals surface area contributed by atoms with Crippen LogP contribution in [0.1, 0.15) is 6.92 Å². The summed E-state index contributed by atoms with van der Waals surface area (Å²) in [7, 11) is 0. The van der Waals surface area contributed by atoms with Crippen LogP contribution >= 0.6 is 27.3 Å². The first-order chi connectivity index (χ1) is 6.74. The molecule has 0 amide bonds. The lowest BCUT2D eigenvalue weighted by atomic mass is 10.2. The molecule has 0 aliphatic heterocycles. The number of ether oxygens (including phenoxy) is 1. The van der Waals surface area contributed by atoms with Gasteiger partial charge in [0.1, 0.15) is 11.5 Å². The third kappa shape index (κ3) is 1.48. The fourth-order valence-corrected chi connectivity index (χ4v) is 2.91. The van der Waals surface area contributed by atoms with Crippen LogP contribution in [-0.4, -0.2) is 11.7 Å². The van der Waals surface area contributed by atoms with Crippen molar-refractivity contribution in [3.63, 3.8) is 0 Å². The Balaban J connectivity index is 2.70. The molecular formula is C10H9BrO2S. The molecule has 1 N–H and O–H groups in total. The summed E-state index contributed by atoms with van der Waals surface area (Å²) in [6, 6.07) is 3.51. The normalized spacial score (nSPS) is 10.7. The largest absolute Gasteiger partial charge is 0.506 e. The van der Waals surface area contributed by atoms with Crippen molar-refractivity contribution in [2.45, 2.75) is 6.92 Å². The van der Waals surface area contributed by atoms with Crippen LogP contribution in [-0.2, 0) is 0 Å². The minimum absolute atomic E-state index is 0.305. The van der Waals surface area contributed by atoms with Crippen LogP contribution in [0.5, 0.6) is 11.5 Å². The fourth-order valence-electron chi connectivity index (χ4n) is 1.33. The second-order valence-corrected chi connectivity index (χ2v) is 4.54. The van der Waals surface area contributed by atoms with E-state index in [1.165, 1.54) is 11.3 Å². The Labute approximate surface area is 94.3 Å². The van der Waals surface area contributed by atoms with E-state index in [2.05, 4.69) is 15.9 Å². The van der Waals surface area contributed by atoms with Crippen LogP contribution in [0, 0.1) is 0 Å². The zero-order valence-corrected chi connectivity index (χ0v) is 9.98. The van der Waals surface area contributed by atoms with E-state index in [0.717, 1.165) is 20.3 Å². The minimum Gasteiger partial charge on any atom is -0.506 e. The smallest absolute Gasteiger partial charge is 0.139 e. The zero-order valence-electron chi connectivity index (χ0n) is 7.58. The summed E-state index contributed by atoms with van der Waals surface area (Å²) in [5, 5.41) is 12.5. The number of halogens is 1. The number of hydrogen-bond donors (Lipinski definition) is 1. The van der Waals surface area contributed by atoms with Crippen molar-refractivity contribution in [3.05, 3.63) is 22.0 Å². The summed E-state index contributed by atoms with van der Waals surface area (Å²) in [6.07, 6.45) is 0. The van der Waals surface area contributed by atoms with Crippen molar-refractivity contribution in [1.29, 1.82) is 0 Å². The van der Waals surface area contributed by atoms with Crippen LogP contribution in [0.15, 0.2) is 22.0 Å². The number of rotatable bonds is 2. The summed E-state index contributed by atoms with van der Waals surface area (Å²) in [5.41, 5.74) is 0. The van der Waals surface area contributed by atoms with E-state index in [0.29, 0.717) is 12.4 Å². The van der Waals surface area contributed by atoms with Gasteiger partial charge in [0, 0.05) is 9.85 Å². The molecule has 4 heteroatoms. The zero-order chi connectivity index (χ0) is 10.1. The Hall–Kier alpha value is -0.740. The van der Waals surface area contributed by atoms with Gasteiger partial charge in [-0.1, -0.05) is 0 Å². The Morgan fingerprint density at radius 1 is 1.50 bits per heavy atom. The molecule has 0 unspecified atom stereocenters. The number of hydrogen-bond acceptors (Lipinski definition) is 3. The summed E-state index contributed by atoms with van der Waals surface area (Å²) in [5.74, 6) is 1.13. The predicted octanol–water partition coefficient (Wildman–Crippen LogP) is 3.77. The fraction of sp³-hybridized carbons (Fsp3) is 0.200. The van der Waals surface area contributed by atoms with Crippen molar-refractivity contribution in [1.82, 2.24) is 0 Å². The number of benzene rings is 1. The number of aromatic hydroxyl groups is 1. The van der Waals surface area contributed by atoms with Crippen molar-refractivity contribution < 1.29 is 9.84 Å². The average molecular weight is 273 g/mol. The van der Waals surface area contributed by atoms with E-state index >= 15 is 0 Å². The monoisotopic (exact) mass is 272 g/mol. The summed E-state index contributed by atoms with van der Waals surface area (Å²) in [6.45, 7) is 2.58. The van der Waals surface area contributed by atoms with Gasteiger partial charge in [0.15, 0.2) is 0 Å². The van der Waals surface area contributed by atoms with Gasteiger partial charge in [-0.15, -0.1) is 11.3 Å². The molecule has 0 spiro atoms. The van der Waals surface area contributed by atoms with Crippen molar-refractivity contribution in [2.24, 2.45) is 0 Å². The van der Waals surface area contributed by atoms with E-state index in [-0.39, 0.29) is 0 Å². The molecule has 74 valence electrons. The number of phenols is 1. The Morgan fingerprint density at radius 2 is 2.29 bits per heavy atom. The van der Waals surface area contributed by atoms with Gasteiger partial charge in [-0.25, -0.2) is 0 Å².